The minimum absolute atomic E-state index is 0.175. The van der Waals surface area contributed by atoms with Crippen molar-refractivity contribution >= 4 is 32.3 Å². The summed E-state index contributed by atoms with van der Waals surface area (Å²) in [5, 5.41) is -2.18. The Morgan fingerprint density at radius 2 is 0.877 bits per heavy atom. The molecule has 11 rings (SSSR count). The number of hydrogen-bond donors (Lipinski definition) is 0. The van der Waals surface area contributed by atoms with Gasteiger partial charge in [-0.15, -0.1) is 0 Å². The average Bonchev–Trinajstić information content (AvgIpc) is 3.62. The molecular formula is C54H37N3. The molecule has 0 N–H and O–H groups in total. The predicted molar refractivity (Wildman–Crippen MR) is 237 cm³/mol. The SMILES string of the molecule is [2H]c1c([2H])c(-c2c([2H])c([2H])c3c4c([2H])c([2H])c([2H])c([2H])c4c4c([2H])c([2H])c([2H])c([2H])c4c3c2[2H])c([2H])c([2H])c1-c1nc(-c2cccc(-c3ccccc3)c2)nc(-c2ccc3c(c2)C(C)(C)c2ccccc2-3)n1. The minimum atomic E-state index is -0.778. The molecule has 0 radical (unpaired) electrons. The van der Waals surface area contributed by atoms with Crippen LogP contribution >= 0.6 is 0 Å². The third kappa shape index (κ3) is 5.46. The van der Waals surface area contributed by atoms with Crippen molar-refractivity contribution < 1.29 is 20.6 Å². The number of benzene rings is 9. The molecule has 0 spiro atoms. The van der Waals surface area contributed by atoms with Gasteiger partial charge in [-0.2, -0.15) is 0 Å². The summed E-state index contributed by atoms with van der Waals surface area (Å²) in [6.45, 7) is 4.28. The summed E-state index contributed by atoms with van der Waals surface area (Å²) in [7, 11) is 0. The number of aromatic nitrogens is 3. The highest BCUT2D eigenvalue weighted by Gasteiger charge is 2.35. The third-order valence-corrected chi connectivity index (χ3v) is 10.7. The van der Waals surface area contributed by atoms with E-state index in [1.165, 1.54) is 0 Å². The largest absolute Gasteiger partial charge is 0.208 e. The van der Waals surface area contributed by atoms with Crippen LogP contribution in [0.3, 0.4) is 0 Å². The molecule has 0 unspecified atom stereocenters. The van der Waals surface area contributed by atoms with Gasteiger partial charge in [0.1, 0.15) is 0 Å². The number of rotatable bonds is 5. The lowest BCUT2D eigenvalue weighted by atomic mass is 9.82. The van der Waals surface area contributed by atoms with Gasteiger partial charge in [0.15, 0.2) is 17.5 Å². The smallest absolute Gasteiger partial charge is 0.164 e. The van der Waals surface area contributed by atoms with Crippen molar-refractivity contribution in [3.8, 4) is 67.5 Å². The van der Waals surface area contributed by atoms with Crippen LogP contribution in [0.25, 0.3) is 99.9 Å². The number of fused-ring (bicyclic) bond motifs is 9. The Labute approximate surface area is 353 Å². The van der Waals surface area contributed by atoms with Gasteiger partial charge in [-0.1, -0.05) is 183 Å². The Morgan fingerprint density at radius 3 is 1.58 bits per heavy atom. The summed E-state index contributed by atoms with van der Waals surface area (Å²) in [5.41, 5.74) is 5.48. The number of hydrogen-bond acceptors (Lipinski definition) is 3. The van der Waals surface area contributed by atoms with E-state index in [4.69, 9.17) is 25.9 Å². The Hall–Kier alpha value is -7.23. The van der Waals surface area contributed by atoms with Crippen LogP contribution in [0.1, 0.15) is 45.5 Å². The number of nitrogens with zero attached hydrogens (tertiary/aromatic N) is 3. The fraction of sp³-hybridized carbons (Fsp3) is 0.0556. The van der Waals surface area contributed by atoms with Crippen molar-refractivity contribution in [3.63, 3.8) is 0 Å². The quantitative estimate of drug-likeness (QED) is 0.165. The van der Waals surface area contributed by atoms with Crippen LogP contribution in [0, 0.1) is 0 Å². The van der Waals surface area contributed by atoms with Crippen LogP contribution in [-0.4, -0.2) is 15.0 Å². The lowest BCUT2D eigenvalue weighted by Crippen LogP contribution is -2.15. The van der Waals surface area contributed by atoms with E-state index in [1.54, 1.807) is 0 Å². The third-order valence-electron chi connectivity index (χ3n) is 10.7. The maximum absolute atomic E-state index is 9.71. The summed E-state index contributed by atoms with van der Waals surface area (Å²) in [6, 6.07) is 20.8. The average molecular weight is 743 g/mol. The Balaban J connectivity index is 1.18. The Kier molecular flexibility index (Phi) is 4.80. The zero-order valence-electron chi connectivity index (χ0n) is 45.6. The van der Waals surface area contributed by atoms with Crippen LogP contribution < -0.4 is 0 Å². The van der Waals surface area contributed by atoms with Crippen molar-refractivity contribution in [1.29, 1.82) is 0 Å². The second-order valence-corrected chi connectivity index (χ2v) is 14.4. The van der Waals surface area contributed by atoms with Crippen LogP contribution in [0.5, 0.6) is 0 Å². The maximum Gasteiger partial charge on any atom is 0.164 e. The molecule has 0 bridgehead atoms. The molecule has 0 saturated carbocycles. The summed E-state index contributed by atoms with van der Waals surface area (Å²) < 4.78 is 136. The van der Waals surface area contributed by atoms with E-state index in [0.29, 0.717) is 11.1 Å². The minimum Gasteiger partial charge on any atom is -0.208 e. The molecule has 1 heterocycles. The first-order valence-electron chi connectivity index (χ1n) is 25.9. The van der Waals surface area contributed by atoms with Crippen molar-refractivity contribution in [1.82, 2.24) is 15.0 Å². The molecule has 10 aromatic rings. The molecule has 0 fully saturated rings. The van der Waals surface area contributed by atoms with E-state index in [0.717, 1.165) is 33.4 Å². The van der Waals surface area contributed by atoms with E-state index in [2.05, 4.69) is 26.0 Å². The van der Waals surface area contributed by atoms with E-state index in [1.807, 2.05) is 84.9 Å². The van der Waals surface area contributed by atoms with Gasteiger partial charge in [-0.05, 0) is 95.0 Å². The Morgan fingerprint density at radius 1 is 0.368 bits per heavy atom. The molecule has 0 atom stereocenters. The summed E-state index contributed by atoms with van der Waals surface area (Å²) in [4.78, 5) is 14.7. The van der Waals surface area contributed by atoms with Crippen molar-refractivity contribution in [2.24, 2.45) is 0 Å². The predicted octanol–water partition coefficient (Wildman–Crippen LogP) is 14.0. The molecule has 1 aliphatic carbocycles. The van der Waals surface area contributed by atoms with Gasteiger partial charge >= 0.3 is 0 Å². The maximum atomic E-state index is 9.71. The lowest BCUT2D eigenvalue weighted by molar-refractivity contribution is 0.660. The van der Waals surface area contributed by atoms with Crippen molar-refractivity contribution in [2.75, 3.05) is 0 Å². The molecule has 0 aliphatic heterocycles. The normalized spacial score (nSPS) is 16.6. The molecule has 3 heteroatoms. The van der Waals surface area contributed by atoms with E-state index < -0.39 is 107 Å². The molecular weight excluding hydrogens is 691 g/mol. The van der Waals surface area contributed by atoms with E-state index in [-0.39, 0.29) is 55.4 Å². The molecule has 1 aromatic heterocycles. The summed E-state index contributed by atoms with van der Waals surface area (Å²) in [6.07, 6.45) is 0. The van der Waals surface area contributed by atoms with Crippen LogP contribution in [0.15, 0.2) is 188 Å². The molecule has 9 aromatic carbocycles. The molecule has 0 saturated heterocycles. The zero-order valence-corrected chi connectivity index (χ0v) is 30.6. The van der Waals surface area contributed by atoms with Crippen LogP contribution in [-0.2, 0) is 5.41 Å². The topological polar surface area (TPSA) is 38.7 Å². The van der Waals surface area contributed by atoms with Gasteiger partial charge in [0, 0.05) is 22.1 Å². The Bertz CT molecular complexity index is 4010. The second-order valence-electron chi connectivity index (χ2n) is 14.4. The van der Waals surface area contributed by atoms with E-state index in [9.17, 15) is 9.60 Å². The van der Waals surface area contributed by atoms with E-state index >= 15 is 0 Å². The molecule has 3 nitrogen and oxygen atoms in total. The van der Waals surface area contributed by atoms with Gasteiger partial charge in [0.25, 0.3) is 0 Å². The van der Waals surface area contributed by atoms with Crippen LogP contribution in [0.4, 0.5) is 0 Å². The summed E-state index contributed by atoms with van der Waals surface area (Å²) in [5.74, 6) is 0.160. The monoisotopic (exact) mass is 742 g/mol. The summed E-state index contributed by atoms with van der Waals surface area (Å²) >= 11 is 0. The van der Waals surface area contributed by atoms with Crippen molar-refractivity contribution in [3.05, 3.63) is 199 Å². The molecule has 268 valence electrons. The highest BCUT2D eigenvalue weighted by atomic mass is 15.0. The zero-order chi connectivity index (χ0) is 51.1. The molecule has 0 amide bonds. The second kappa shape index (κ2) is 12.9. The lowest BCUT2D eigenvalue weighted by Gasteiger charge is -2.21. The van der Waals surface area contributed by atoms with Crippen molar-refractivity contribution in [2.45, 2.75) is 19.3 Å². The first-order chi connectivity index (χ1) is 34.3. The fourth-order valence-corrected chi connectivity index (χ4v) is 7.89. The first kappa shape index (κ1) is 21.2. The van der Waals surface area contributed by atoms with Gasteiger partial charge in [-0.3, -0.25) is 0 Å². The fourth-order valence-electron chi connectivity index (χ4n) is 7.89. The molecule has 57 heavy (non-hydrogen) atoms. The first-order valence-corrected chi connectivity index (χ1v) is 18.4. The highest BCUT2D eigenvalue weighted by molar-refractivity contribution is 6.25. The van der Waals surface area contributed by atoms with Gasteiger partial charge < -0.3 is 0 Å². The highest BCUT2D eigenvalue weighted by Crippen LogP contribution is 2.49. The van der Waals surface area contributed by atoms with Gasteiger partial charge in [0.2, 0.25) is 0 Å². The molecule has 1 aliphatic rings. The van der Waals surface area contributed by atoms with Crippen LogP contribution in [0.2, 0.25) is 0 Å². The van der Waals surface area contributed by atoms with Gasteiger partial charge in [0.05, 0.1) is 20.6 Å². The van der Waals surface area contributed by atoms with Gasteiger partial charge in [-0.25, -0.2) is 15.0 Å². The standard InChI is InChI=1S/C54H37N3/c1-54(2)49-22-11-10-21-46(49)47-30-28-40(33-50(47)54)53-56-51(55-52(57-53)39-16-12-15-37(31-39)34-13-4-3-5-14-34)36-25-23-35(24-26-36)38-27-29-45-43-19-7-6-17-41(43)42-18-8-9-20-44(42)48(45)32-38/h3-33H,1-2H3/i6D,7D,8D,9D,17D,18D,19D,20D,23D,24D,25D,26D,27D,29D,32D.